The smallest absolute Gasteiger partial charge is 0.150 e. The molecular formula is C12H14F2N2O2S2. The second-order valence-electron chi connectivity index (χ2n) is 4.75. The Balaban J connectivity index is 2.16. The van der Waals surface area contributed by atoms with Crippen molar-refractivity contribution in [2.75, 3.05) is 16.8 Å². The maximum absolute atomic E-state index is 13.8. The molecule has 0 bridgehead atoms. The van der Waals surface area contributed by atoms with Gasteiger partial charge in [0.05, 0.1) is 11.5 Å². The van der Waals surface area contributed by atoms with E-state index >= 15 is 0 Å². The number of nitrogens with one attached hydrogen (secondary N) is 1. The fraction of sp³-hybridized carbons (Fsp3) is 0.417. The zero-order valence-corrected chi connectivity index (χ0v) is 12.2. The molecule has 0 radical (unpaired) electrons. The lowest BCUT2D eigenvalue weighted by Crippen LogP contribution is -2.32. The summed E-state index contributed by atoms with van der Waals surface area (Å²) < 4.78 is 50.3. The highest BCUT2D eigenvalue weighted by Crippen LogP contribution is 2.24. The van der Waals surface area contributed by atoms with E-state index in [9.17, 15) is 17.2 Å². The van der Waals surface area contributed by atoms with Crippen molar-refractivity contribution in [2.24, 2.45) is 5.73 Å². The molecule has 0 unspecified atom stereocenters. The van der Waals surface area contributed by atoms with Gasteiger partial charge in [0.15, 0.2) is 0 Å². The zero-order chi connectivity index (χ0) is 14.9. The molecule has 1 heterocycles. The van der Waals surface area contributed by atoms with Crippen molar-refractivity contribution in [2.45, 2.75) is 18.9 Å². The summed E-state index contributed by atoms with van der Waals surface area (Å²) in [5.74, 6) is -1.53. The molecule has 110 valence electrons. The van der Waals surface area contributed by atoms with E-state index in [1.807, 2.05) is 0 Å². The molecule has 0 aliphatic carbocycles. The molecule has 1 aliphatic heterocycles. The van der Waals surface area contributed by atoms with Gasteiger partial charge in [0.2, 0.25) is 0 Å². The second-order valence-corrected chi connectivity index (χ2v) is 7.49. The fourth-order valence-electron chi connectivity index (χ4n) is 2.09. The predicted molar refractivity (Wildman–Crippen MR) is 77.5 cm³/mol. The molecule has 1 aromatic rings. The minimum atomic E-state index is -3.01. The van der Waals surface area contributed by atoms with E-state index in [4.69, 9.17) is 5.73 Å². The predicted octanol–water partition coefficient (Wildman–Crippen LogP) is 1.59. The topological polar surface area (TPSA) is 72.2 Å². The minimum absolute atomic E-state index is 0.0267. The van der Waals surface area contributed by atoms with E-state index in [0.29, 0.717) is 12.8 Å². The summed E-state index contributed by atoms with van der Waals surface area (Å²) in [4.78, 5) is -0.0851. The Morgan fingerprint density at radius 2 is 1.75 bits per heavy atom. The highest BCUT2D eigenvalue weighted by atomic mass is 32.2. The third-order valence-corrected chi connectivity index (χ3v) is 5.18. The molecule has 1 aliphatic rings. The molecule has 2 rings (SSSR count). The van der Waals surface area contributed by atoms with Crippen LogP contribution in [0.25, 0.3) is 0 Å². The van der Waals surface area contributed by atoms with Crippen molar-refractivity contribution in [3.8, 4) is 0 Å². The van der Waals surface area contributed by atoms with Crippen molar-refractivity contribution >= 4 is 32.7 Å². The molecule has 1 aromatic carbocycles. The number of sulfone groups is 1. The molecule has 0 atom stereocenters. The zero-order valence-electron chi connectivity index (χ0n) is 10.5. The van der Waals surface area contributed by atoms with Crippen LogP contribution < -0.4 is 11.1 Å². The van der Waals surface area contributed by atoms with Gasteiger partial charge in [-0.3, -0.25) is 0 Å². The summed E-state index contributed by atoms with van der Waals surface area (Å²) in [5.41, 5.74) is 5.17. The van der Waals surface area contributed by atoms with Crippen LogP contribution in [0.15, 0.2) is 12.1 Å². The molecular weight excluding hydrogens is 306 g/mol. The number of thiocarbonyl (C=S) groups is 1. The SMILES string of the molecule is NC(=S)c1cc(F)c(NC2CCS(=O)(=O)CC2)c(F)c1. The van der Waals surface area contributed by atoms with Crippen molar-refractivity contribution < 1.29 is 17.2 Å². The van der Waals surface area contributed by atoms with E-state index < -0.39 is 21.5 Å². The quantitative estimate of drug-likeness (QED) is 0.828. The Labute approximate surface area is 121 Å². The average Bonchev–Trinajstić information content (AvgIpc) is 2.35. The number of nitrogens with two attached hydrogens (primary N) is 1. The van der Waals surface area contributed by atoms with E-state index in [1.54, 1.807) is 0 Å². The highest BCUT2D eigenvalue weighted by molar-refractivity contribution is 7.91. The van der Waals surface area contributed by atoms with E-state index in [2.05, 4.69) is 17.5 Å². The molecule has 1 saturated heterocycles. The first-order chi connectivity index (χ1) is 9.28. The van der Waals surface area contributed by atoms with Gasteiger partial charge >= 0.3 is 0 Å². The Hall–Kier alpha value is -1.28. The van der Waals surface area contributed by atoms with Gasteiger partial charge < -0.3 is 11.1 Å². The highest BCUT2D eigenvalue weighted by Gasteiger charge is 2.25. The summed E-state index contributed by atoms with van der Waals surface area (Å²) in [7, 11) is -3.01. The van der Waals surface area contributed by atoms with Crippen LogP contribution in [0.1, 0.15) is 18.4 Å². The largest absolute Gasteiger partial charge is 0.389 e. The first kappa shape index (κ1) is 15.1. The summed E-state index contributed by atoms with van der Waals surface area (Å²) in [6, 6.07) is 1.86. The minimum Gasteiger partial charge on any atom is -0.389 e. The van der Waals surface area contributed by atoms with Gasteiger partial charge in [0.1, 0.15) is 32.1 Å². The molecule has 0 spiro atoms. The molecule has 3 N–H and O–H groups in total. The van der Waals surface area contributed by atoms with Gasteiger partial charge in [0, 0.05) is 11.6 Å². The number of halogens is 2. The lowest BCUT2D eigenvalue weighted by Gasteiger charge is -2.24. The number of anilines is 1. The lowest BCUT2D eigenvalue weighted by molar-refractivity contribution is 0.549. The summed E-state index contributed by atoms with van der Waals surface area (Å²) in [6.07, 6.45) is 0.663. The summed E-state index contributed by atoms with van der Waals surface area (Å²) >= 11 is 4.67. The first-order valence-electron chi connectivity index (χ1n) is 6.04. The first-order valence-corrected chi connectivity index (χ1v) is 8.27. The number of benzene rings is 1. The van der Waals surface area contributed by atoms with Gasteiger partial charge in [0.25, 0.3) is 0 Å². The third kappa shape index (κ3) is 3.43. The fourth-order valence-corrected chi connectivity index (χ4v) is 3.70. The number of hydrogen-bond acceptors (Lipinski definition) is 4. The van der Waals surface area contributed by atoms with Gasteiger partial charge in [-0.2, -0.15) is 0 Å². The van der Waals surface area contributed by atoms with Crippen LogP contribution in [-0.2, 0) is 9.84 Å². The van der Waals surface area contributed by atoms with Gasteiger partial charge in [-0.25, -0.2) is 17.2 Å². The maximum Gasteiger partial charge on any atom is 0.150 e. The van der Waals surface area contributed by atoms with E-state index in [-0.39, 0.29) is 33.8 Å². The Kier molecular flexibility index (Phi) is 4.24. The lowest BCUT2D eigenvalue weighted by atomic mass is 10.1. The van der Waals surface area contributed by atoms with Crippen LogP contribution in [0.5, 0.6) is 0 Å². The van der Waals surface area contributed by atoms with Crippen LogP contribution >= 0.6 is 12.2 Å². The normalized spacial score (nSPS) is 18.7. The summed E-state index contributed by atoms with van der Waals surface area (Å²) in [6.45, 7) is 0. The van der Waals surface area contributed by atoms with E-state index in [0.717, 1.165) is 12.1 Å². The monoisotopic (exact) mass is 320 g/mol. The molecule has 1 fully saturated rings. The van der Waals surface area contributed by atoms with E-state index in [1.165, 1.54) is 0 Å². The van der Waals surface area contributed by atoms with Crippen LogP contribution in [-0.4, -0.2) is 31.0 Å². The molecule has 20 heavy (non-hydrogen) atoms. The standard InChI is InChI=1S/C12H14F2N2O2S2/c13-9-5-7(12(15)19)6-10(14)11(9)16-8-1-3-20(17,18)4-2-8/h5-6,8,16H,1-4H2,(H2,15,19). The Morgan fingerprint density at radius 1 is 1.25 bits per heavy atom. The maximum atomic E-state index is 13.8. The Morgan fingerprint density at radius 3 is 2.20 bits per heavy atom. The van der Waals surface area contributed by atoms with Crippen molar-refractivity contribution in [1.82, 2.24) is 0 Å². The van der Waals surface area contributed by atoms with Crippen LogP contribution in [0.2, 0.25) is 0 Å². The van der Waals surface area contributed by atoms with Crippen LogP contribution in [0, 0.1) is 11.6 Å². The van der Waals surface area contributed by atoms with Gasteiger partial charge in [-0.1, -0.05) is 12.2 Å². The molecule has 0 aromatic heterocycles. The molecule has 4 nitrogen and oxygen atoms in total. The van der Waals surface area contributed by atoms with Crippen LogP contribution in [0.3, 0.4) is 0 Å². The van der Waals surface area contributed by atoms with Crippen LogP contribution in [0.4, 0.5) is 14.5 Å². The Bertz CT molecular complexity index is 610. The molecule has 0 saturated carbocycles. The van der Waals surface area contributed by atoms with Crippen molar-refractivity contribution in [1.29, 1.82) is 0 Å². The number of hydrogen-bond donors (Lipinski definition) is 2. The second kappa shape index (κ2) is 5.61. The van der Waals surface area contributed by atoms with Gasteiger partial charge in [-0.15, -0.1) is 0 Å². The molecule has 0 amide bonds. The van der Waals surface area contributed by atoms with Crippen molar-refractivity contribution in [3.63, 3.8) is 0 Å². The number of rotatable bonds is 3. The average molecular weight is 320 g/mol. The molecule has 8 heteroatoms. The van der Waals surface area contributed by atoms with Gasteiger partial charge in [-0.05, 0) is 25.0 Å². The van der Waals surface area contributed by atoms with Crippen molar-refractivity contribution in [3.05, 3.63) is 29.3 Å². The summed E-state index contributed by atoms with van der Waals surface area (Å²) in [5, 5.41) is 2.72. The third-order valence-electron chi connectivity index (χ3n) is 3.23.